The Morgan fingerprint density at radius 2 is 1.67 bits per heavy atom. The Kier molecular flexibility index (Phi) is 7.07. The number of non-ortho nitro benzene ring substituents is 1. The smallest absolute Gasteiger partial charge is 0.269 e. The topological polar surface area (TPSA) is 76.8 Å². The van der Waals surface area contributed by atoms with Gasteiger partial charge in [-0.25, -0.2) is 0 Å². The number of nitrogens with zero attached hydrogens (tertiary/aromatic N) is 2. The Morgan fingerprint density at radius 1 is 0.939 bits per heavy atom. The van der Waals surface area contributed by atoms with Crippen LogP contribution in [0.4, 0.5) is 5.69 Å². The van der Waals surface area contributed by atoms with Crippen LogP contribution >= 0.6 is 23.2 Å². The highest BCUT2D eigenvalue weighted by atomic mass is 35.5. The van der Waals surface area contributed by atoms with E-state index < -0.39 is 4.92 Å². The second-order valence-electron chi connectivity index (χ2n) is 7.20. The minimum atomic E-state index is -0.425. The average molecular weight is 480 g/mol. The molecule has 0 atom stereocenters. The van der Waals surface area contributed by atoms with Gasteiger partial charge in [-0.1, -0.05) is 59.6 Å². The monoisotopic (exact) mass is 479 g/mol. The average Bonchev–Trinajstić information content (AvgIpc) is 2.82. The van der Waals surface area contributed by atoms with Crippen molar-refractivity contribution in [2.45, 2.75) is 13.2 Å². The summed E-state index contributed by atoms with van der Waals surface area (Å²) in [5.74, 6) is 0.647. The number of halogens is 2. The molecular formula is C25H19Cl2N3O3. The molecule has 4 aromatic carbocycles. The van der Waals surface area contributed by atoms with Gasteiger partial charge in [0, 0.05) is 33.3 Å². The van der Waals surface area contributed by atoms with Gasteiger partial charge in [-0.15, -0.1) is 0 Å². The molecule has 0 aliphatic heterocycles. The zero-order valence-corrected chi connectivity index (χ0v) is 18.9. The molecular weight excluding hydrogens is 461 g/mol. The fraction of sp³-hybridized carbons (Fsp3) is 0.0800. The highest BCUT2D eigenvalue weighted by Crippen LogP contribution is 2.28. The Balaban J connectivity index is 1.54. The number of benzene rings is 4. The maximum atomic E-state index is 10.9. The fourth-order valence-electron chi connectivity index (χ4n) is 3.35. The summed E-state index contributed by atoms with van der Waals surface area (Å²) in [5, 5.41) is 18.4. The van der Waals surface area contributed by atoms with Crippen LogP contribution in [0.3, 0.4) is 0 Å². The first-order valence-corrected chi connectivity index (χ1v) is 10.9. The zero-order valence-electron chi connectivity index (χ0n) is 17.4. The van der Waals surface area contributed by atoms with Crippen molar-refractivity contribution in [2.24, 2.45) is 5.10 Å². The van der Waals surface area contributed by atoms with Crippen LogP contribution in [0.2, 0.25) is 10.0 Å². The van der Waals surface area contributed by atoms with Crippen molar-refractivity contribution in [3.63, 3.8) is 0 Å². The predicted octanol–water partition coefficient (Wildman–Crippen LogP) is 6.76. The second kappa shape index (κ2) is 10.3. The van der Waals surface area contributed by atoms with E-state index in [2.05, 4.69) is 10.5 Å². The molecule has 0 bridgehead atoms. The highest BCUT2D eigenvalue weighted by molar-refractivity contribution is 6.35. The standard InChI is InChI=1S/C25H19Cl2N3O3/c26-23-6-3-7-24(27)22(23)15-29-28-14-21-20-5-2-1-4-18(20)10-13-25(21)33-16-17-8-11-19(12-9-17)30(31)32/h1-14,29H,15-16H2/b28-14-. The molecule has 0 aliphatic carbocycles. The van der Waals surface area contributed by atoms with Crippen molar-refractivity contribution < 1.29 is 9.66 Å². The first-order chi connectivity index (χ1) is 16.0. The molecule has 0 saturated heterocycles. The van der Waals surface area contributed by atoms with Crippen LogP contribution in [0.1, 0.15) is 16.7 Å². The molecule has 0 aliphatic rings. The van der Waals surface area contributed by atoms with Gasteiger partial charge in [0.25, 0.3) is 5.69 Å². The lowest BCUT2D eigenvalue weighted by molar-refractivity contribution is -0.384. The van der Waals surface area contributed by atoms with E-state index in [1.807, 2.05) is 36.4 Å². The summed E-state index contributed by atoms with van der Waals surface area (Å²) in [6, 6.07) is 23.5. The van der Waals surface area contributed by atoms with Crippen LogP contribution in [0.5, 0.6) is 5.75 Å². The molecule has 0 unspecified atom stereocenters. The Morgan fingerprint density at radius 3 is 2.39 bits per heavy atom. The van der Waals surface area contributed by atoms with Crippen molar-refractivity contribution >= 4 is 45.9 Å². The van der Waals surface area contributed by atoms with Crippen LogP contribution in [-0.2, 0) is 13.2 Å². The summed E-state index contributed by atoms with van der Waals surface area (Å²) in [6.07, 6.45) is 1.71. The van der Waals surface area contributed by atoms with Crippen LogP contribution in [0.15, 0.2) is 84.0 Å². The van der Waals surface area contributed by atoms with Gasteiger partial charge in [0.2, 0.25) is 0 Å². The molecule has 0 amide bonds. The molecule has 0 fully saturated rings. The first kappa shape index (κ1) is 22.6. The van der Waals surface area contributed by atoms with Gasteiger partial charge < -0.3 is 10.2 Å². The lowest BCUT2D eigenvalue weighted by Crippen LogP contribution is -2.07. The normalized spacial score (nSPS) is 11.1. The molecule has 33 heavy (non-hydrogen) atoms. The molecule has 8 heteroatoms. The van der Waals surface area contributed by atoms with E-state index in [0.29, 0.717) is 22.3 Å². The van der Waals surface area contributed by atoms with Crippen LogP contribution in [0, 0.1) is 10.1 Å². The molecule has 0 spiro atoms. The van der Waals surface area contributed by atoms with E-state index in [1.54, 1.807) is 36.5 Å². The molecule has 6 nitrogen and oxygen atoms in total. The number of nitro benzene ring substituents is 1. The Hall–Kier alpha value is -3.61. The van der Waals surface area contributed by atoms with Crippen LogP contribution in [0.25, 0.3) is 10.8 Å². The fourth-order valence-corrected chi connectivity index (χ4v) is 3.88. The van der Waals surface area contributed by atoms with E-state index in [-0.39, 0.29) is 12.3 Å². The number of rotatable bonds is 8. The zero-order chi connectivity index (χ0) is 23.2. The number of fused-ring (bicyclic) bond motifs is 1. The number of hydrogen-bond donors (Lipinski definition) is 1. The Labute approximate surface area is 200 Å². The summed E-state index contributed by atoms with van der Waals surface area (Å²) in [4.78, 5) is 10.4. The summed E-state index contributed by atoms with van der Waals surface area (Å²) in [7, 11) is 0. The lowest BCUT2D eigenvalue weighted by Gasteiger charge is -2.12. The SMILES string of the molecule is O=[N+]([O-])c1ccc(COc2ccc3ccccc3c2/C=N\NCc2c(Cl)cccc2Cl)cc1. The lowest BCUT2D eigenvalue weighted by atomic mass is 10.0. The minimum absolute atomic E-state index is 0.0435. The van der Waals surface area contributed by atoms with E-state index >= 15 is 0 Å². The van der Waals surface area contributed by atoms with Gasteiger partial charge in [0.05, 0.1) is 17.7 Å². The number of hydrazone groups is 1. The Bertz CT molecular complexity index is 1300. The first-order valence-electron chi connectivity index (χ1n) is 10.1. The molecule has 1 N–H and O–H groups in total. The van der Waals surface area contributed by atoms with E-state index in [1.165, 1.54) is 12.1 Å². The van der Waals surface area contributed by atoms with E-state index in [0.717, 1.165) is 27.5 Å². The molecule has 4 rings (SSSR count). The van der Waals surface area contributed by atoms with Gasteiger partial charge in [-0.05, 0) is 46.7 Å². The van der Waals surface area contributed by atoms with Gasteiger partial charge in [-0.3, -0.25) is 10.1 Å². The van der Waals surface area contributed by atoms with Crippen molar-refractivity contribution in [2.75, 3.05) is 0 Å². The number of hydrogen-bond acceptors (Lipinski definition) is 5. The third kappa shape index (κ3) is 5.42. The van der Waals surface area contributed by atoms with Crippen molar-refractivity contribution in [1.29, 1.82) is 0 Å². The number of nitrogens with one attached hydrogen (secondary N) is 1. The second-order valence-corrected chi connectivity index (χ2v) is 8.02. The van der Waals surface area contributed by atoms with Crippen molar-refractivity contribution in [3.8, 4) is 5.75 Å². The molecule has 0 radical (unpaired) electrons. The maximum absolute atomic E-state index is 10.9. The summed E-state index contributed by atoms with van der Waals surface area (Å²) in [5.41, 5.74) is 5.44. The largest absolute Gasteiger partial charge is 0.488 e. The van der Waals surface area contributed by atoms with Crippen molar-refractivity contribution in [3.05, 3.63) is 116 Å². The molecule has 0 aromatic heterocycles. The van der Waals surface area contributed by atoms with Crippen LogP contribution < -0.4 is 10.2 Å². The highest BCUT2D eigenvalue weighted by Gasteiger charge is 2.09. The molecule has 0 saturated carbocycles. The summed E-state index contributed by atoms with van der Waals surface area (Å²) in [6.45, 7) is 0.637. The molecule has 4 aromatic rings. The molecule has 0 heterocycles. The third-order valence-corrected chi connectivity index (χ3v) is 5.78. The van der Waals surface area contributed by atoms with E-state index in [9.17, 15) is 10.1 Å². The van der Waals surface area contributed by atoms with Crippen molar-refractivity contribution in [1.82, 2.24) is 5.43 Å². The van der Waals surface area contributed by atoms with Gasteiger partial charge in [0.1, 0.15) is 12.4 Å². The predicted molar refractivity (Wildman–Crippen MR) is 132 cm³/mol. The quantitative estimate of drug-likeness (QED) is 0.172. The summed E-state index contributed by atoms with van der Waals surface area (Å²) < 4.78 is 6.05. The van der Waals surface area contributed by atoms with Gasteiger partial charge in [0.15, 0.2) is 0 Å². The van der Waals surface area contributed by atoms with Gasteiger partial charge in [-0.2, -0.15) is 5.10 Å². The van der Waals surface area contributed by atoms with Crippen LogP contribution in [-0.4, -0.2) is 11.1 Å². The number of ether oxygens (including phenoxy) is 1. The molecule has 166 valence electrons. The minimum Gasteiger partial charge on any atom is -0.488 e. The van der Waals surface area contributed by atoms with E-state index in [4.69, 9.17) is 27.9 Å². The third-order valence-electron chi connectivity index (χ3n) is 5.07. The van der Waals surface area contributed by atoms with Gasteiger partial charge >= 0.3 is 0 Å². The maximum Gasteiger partial charge on any atom is 0.269 e. The number of nitro groups is 1. The summed E-state index contributed by atoms with van der Waals surface area (Å²) >= 11 is 12.4.